The average molecular weight is 397 g/mol. The summed E-state index contributed by atoms with van der Waals surface area (Å²) in [5, 5.41) is 11.0. The van der Waals surface area contributed by atoms with Gasteiger partial charge >= 0.3 is 0 Å². The summed E-state index contributed by atoms with van der Waals surface area (Å²) in [6.07, 6.45) is 7.67. The second kappa shape index (κ2) is 8.63. The summed E-state index contributed by atoms with van der Waals surface area (Å²) >= 11 is 0. The molecule has 1 saturated heterocycles. The maximum atomic E-state index is 13.0. The summed E-state index contributed by atoms with van der Waals surface area (Å²) in [5.41, 5.74) is 1.03. The van der Waals surface area contributed by atoms with E-state index in [2.05, 4.69) is 15.6 Å². The lowest BCUT2D eigenvalue weighted by atomic mass is 9.98. The van der Waals surface area contributed by atoms with Crippen molar-refractivity contribution in [2.75, 3.05) is 13.7 Å². The number of methoxy groups -OCH3 is 1. The molecule has 1 atom stereocenters. The van der Waals surface area contributed by atoms with Gasteiger partial charge in [-0.3, -0.25) is 14.3 Å². The van der Waals surface area contributed by atoms with E-state index in [-0.39, 0.29) is 17.9 Å². The molecule has 1 aromatic heterocycles. The molecule has 2 amide bonds. The highest BCUT2D eigenvalue weighted by molar-refractivity contribution is 5.94. The van der Waals surface area contributed by atoms with Gasteiger partial charge in [0.2, 0.25) is 0 Å². The van der Waals surface area contributed by atoms with Gasteiger partial charge < -0.3 is 15.0 Å². The van der Waals surface area contributed by atoms with Crippen molar-refractivity contribution >= 4 is 11.8 Å². The van der Waals surface area contributed by atoms with E-state index in [1.165, 1.54) is 0 Å². The Morgan fingerprint density at radius 2 is 1.97 bits per heavy atom. The third-order valence-electron chi connectivity index (χ3n) is 5.60. The molecular formula is C21H27N5O3. The predicted molar refractivity (Wildman–Crippen MR) is 107 cm³/mol. The Morgan fingerprint density at radius 1 is 1.17 bits per heavy atom. The van der Waals surface area contributed by atoms with Crippen LogP contribution in [0.5, 0.6) is 5.75 Å². The zero-order chi connectivity index (χ0) is 20.2. The zero-order valence-electron chi connectivity index (χ0n) is 16.7. The Kier molecular flexibility index (Phi) is 5.78. The number of rotatable bonds is 7. The van der Waals surface area contributed by atoms with Gasteiger partial charge in [-0.1, -0.05) is 5.21 Å². The van der Waals surface area contributed by atoms with Crippen molar-refractivity contribution in [3.8, 4) is 5.75 Å². The first-order valence-corrected chi connectivity index (χ1v) is 10.3. The van der Waals surface area contributed by atoms with Crippen LogP contribution in [-0.4, -0.2) is 57.4 Å². The normalized spacial score (nSPS) is 19.1. The van der Waals surface area contributed by atoms with Crippen LogP contribution >= 0.6 is 0 Å². The number of aryl methyl sites for hydroxylation is 1. The van der Waals surface area contributed by atoms with E-state index in [1.54, 1.807) is 18.0 Å². The first-order chi connectivity index (χ1) is 14.1. The molecule has 8 nitrogen and oxygen atoms in total. The van der Waals surface area contributed by atoms with Gasteiger partial charge in [0, 0.05) is 30.7 Å². The molecule has 1 aromatic carbocycles. The molecule has 2 aliphatic rings. The van der Waals surface area contributed by atoms with Crippen LogP contribution in [0.1, 0.15) is 59.4 Å². The molecule has 1 saturated carbocycles. The first-order valence-electron chi connectivity index (χ1n) is 10.3. The highest BCUT2D eigenvalue weighted by Crippen LogP contribution is 2.23. The number of ether oxygens (including phenoxy) is 1. The Balaban J connectivity index is 1.36. The molecule has 0 radical (unpaired) electrons. The maximum absolute atomic E-state index is 13.0. The molecule has 2 heterocycles. The van der Waals surface area contributed by atoms with Crippen molar-refractivity contribution in [2.24, 2.45) is 0 Å². The van der Waals surface area contributed by atoms with Crippen LogP contribution in [0.4, 0.5) is 0 Å². The standard InChI is InChI=1S/C21H27N5O3/c1-29-18-9-5-15(6-10-18)21(28)26-12-3-2-4-17(26)11-13-25-14-19(23-24-25)20(27)22-16-7-8-16/h5-6,9-10,14,16-17H,2-4,7-8,11-13H2,1H3,(H,22,27)/t17-/m1/s1. The number of piperidine rings is 1. The van der Waals surface area contributed by atoms with Crippen LogP contribution in [0.3, 0.4) is 0 Å². The minimum Gasteiger partial charge on any atom is -0.497 e. The summed E-state index contributed by atoms with van der Waals surface area (Å²) in [6, 6.07) is 7.72. The summed E-state index contributed by atoms with van der Waals surface area (Å²) < 4.78 is 6.88. The van der Waals surface area contributed by atoms with Gasteiger partial charge in [0.05, 0.1) is 13.3 Å². The van der Waals surface area contributed by atoms with E-state index in [9.17, 15) is 9.59 Å². The smallest absolute Gasteiger partial charge is 0.273 e. The summed E-state index contributed by atoms with van der Waals surface area (Å²) in [7, 11) is 1.61. The molecule has 29 heavy (non-hydrogen) atoms. The molecule has 154 valence electrons. The third kappa shape index (κ3) is 4.75. The number of aromatic nitrogens is 3. The molecule has 0 unspecified atom stereocenters. The SMILES string of the molecule is COc1ccc(C(=O)N2CCCC[C@@H]2CCn2cc(C(=O)NC3CC3)nn2)cc1. The quantitative estimate of drug-likeness (QED) is 0.774. The van der Waals surface area contributed by atoms with Crippen LogP contribution in [0.2, 0.25) is 0 Å². The van der Waals surface area contributed by atoms with Gasteiger partial charge in [0.25, 0.3) is 11.8 Å². The summed E-state index contributed by atoms with van der Waals surface area (Å²) in [4.78, 5) is 27.1. The van der Waals surface area contributed by atoms with Crippen molar-refractivity contribution in [1.29, 1.82) is 0 Å². The highest BCUT2D eigenvalue weighted by atomic mass is 16.5. The van der Waals surface area contributed by atoms with Gasteiger partial charge in [-0.15, -0.1) is 5.10 Å². The van der Waals surface area contributed by atoms with E-state index >= 15 is 0 Å². The number of benzene rings is 1. The van der Waals surface area contributed by atoms with Gasteiger partial charge in [0.1, 0.15) is 5.75 Å². The van der Waals surface area contributed by atoms with E-state index in [0.29, 0.717) is 23.8 Å². The molecule has 4 rings (SSSR count). The summed E-state index contributed by atoms with van der Waals surface area (Å²) in [6.45, 7) is 1.39. The molecular weight excluding hydrogens is 370 g/mol. The van der Waals surface area contributed by atoms with Crippen LogP contribution < -0.4 is 10.1 Å². The highest BCUT2D eigenvalue weighted by Gasteiger charge is 2.28. The maximum Gasteiger partial charge on any atom is 0.273 e. The molecule has 0 bridgehead atoms. The predicted octanol–water partition coefficient (Wildman–Crippen LogP) is 2.26. The number of likely N-dealkylation sites (tertiary alicyclic amines) is 1. The molecule has 1 aliphatic carbocycles. The van der Waals surface area contributed by atoms with Crippen LogP contribution in [0.15, 0.2) is 30.5 Å². The molecule has 1 N–H and O–H groups in total. The topological polar surface area (TPSA) is 89.4 Å². The Labute approximate surface area is 170 Å². The monoisotopic (exact) mass is 397 g/mol. The number of carbonyl (C=O) groups is 2. The second-order valence-corrected chi connectivity index (χ2v) is 7.78. The van der Waals surface area contributed by atoms with Crippen molar-refractivity contribution in [1.82, 2.24) is 25.2 Å². The number of hydrogen-bond acceptors (Lipinski definition) is 5. The first kappa shape index (κ1) is 19.4. The lowest BCUT2D eigenvalue weighted by Gasteiger charge is -2.36. The fourth-order valence-corrected chi connectivity index (χ4v) is 3.75. The third-order valence-corrected chi connectivity index (χ3v) is 5.60. The largest absolute Gasteiger partial charge is 0.497 e. The Hall–Kier alpha value is -2.90. The number of hydrogen-bond donors (Lipinski definition) is 1. The van der Waals surface area contributed by atoms with Crippen LogP contribution in [0.25, 0.3) is 0 Å². The lowest BCUT2D eigenvalue weighted by molar-refractivity contribution is 0.0593. The van der Waals surface area contributed by atoms with Gasteiger partial charge in [-0.2, -0.15) is 0 Å². The van der Waals surface area contributed by atoms with Gasteiger partial charge in [-0.25, -0.2) is 0 Å². The zero-order valence-corrected chi connectivity index (χ0v) is 16.7. The Bertz CT molecular complexity index is 859. The molecule has 0 spiro atoms. The number of carbonyl (C=O) groups excluding carboxylic acids is 2. The number of nitrogens with one attached hydrogen (secondary N) is 1. The fourth-order valence-electron chi connectivity index (χ4n) is 3.75. The van der Waals surface area contributed by atoms with E-state index in [0.717, 1.165) is 50.8 Å². The minimum absolute atomic E-state index is 0.0560. The number of amides is 2. The van der Waals surface area contributed by atoms with E-state index in [1.807, 2.05) is 29.2 Å². The lowest BCUT2D eigenvalue weighted by Crippen LogP contribution is -2.44. The van der Waals surface area contributed by atoms with Crippen LogP contribution in [0, 0.1) is 0 Å². The minimum atomic E-state index is -0.160. The second-order valence-electron chi connectivity index (χ2n) is 7.78. The van der Waals surface area contributed by atoms with Gasteiger partial charge in [0.15, 0.2) is 5.69 Å². The molecule has 1 aliphatic heterocycles. The average Bonchev–Trinajstić information content (AvgIpc) is 3.45. The molecule has 8 heteroatoms. The molecule has 2 aromatic rings. The Morgan fingerprint density at radius 3 is 2.69 bits per heavy atom. The van der Waals surface area contributed by atoms with Crippen molar-refractivity contribution < 1.29 is 14.3 Å². The fraction of sp³-hybridized carbons (Fsp3) is 0.524. The number of nitrogens with zero attached hydrogens (tertiary/aromatic N) is 4. The molecule has 2 fully saturated rings. The van der Waals surface area contributed by atoms with Crippen molar-refractivity contribution in [3.05, 3.63) is 41.7 Å². The van der Waals surface area contributed by atoms with Crippen molar-refractivity contribution in [2.45, 2.75) is 57.2 Å². The van der Waals surface area contributed by atoms with Crippen molar-refractivity contribution in [3.63, 3.8) is 0 Å². The van der Waals surface area contributed by atoms with E-state index in [4.69, 9.17) is 4.74 Å². The van der Waals surface area contributed by atoms with Crippen LogP contribution in [-0.2, 0) is 6.54 Å². The van der Waals surface area contributed by atoms with E-state index < -0.39 is 0 Å². The van der Waals surface area contributed by atoms with Gasteiger partial charge in [-0.05, 0) is 62.8 Å². The summed E-state index contributed by atoms with van der Waals surface area (Å²) in [5.74, 6) is 0.637.